The lowest BCUT2D eigenvalue weighted by Gasteiger charge is -2.24. The van der Waals surface area contributed by atoms with Crippen molar-refractivity contribution >= 4 is 24.1 Å². The summed E-state index contributed by atoms with van der Waals surface area (Å²) in [4.78, 5) is 16.7. The molecule has 2 aromatic rings. The summed E-state index contributed by atoms with van der Waals surface area (Å²) in [5, 5.41) is 4.30. The van der Waals surface area contributed by atoms with Gasteiger partial charge in [0.25, 0.3) is 0 Å². The van der Waals surface area contributed by atoms with Gasteiger partial charge < -0.3 is 4.42 Å². The minimum atomic E-state index is 0.0208. The number of aromatic nitrogens is 2. The Labute approximate surface area is 119 Å². The van der Waals surface area contributed by atoms with Gasteiger partial charge in [0.15, 0.2) is 24.1 Å². The first-order valence-corrected chi connectivity index (χ1v) is 6.22. The lowest BCUT2D eigenvalue weighted by molar-refractivity contribution is -0.766. The maximum Gasteiger partial charge on any atom is 0.305 e. The quantitative estimate of drug-likeness (QED) is 0.868. The molecule has 0 radical (unpaired) electrons. The van der Waals surface area contributed by atoms with Crippen LogP contribution in [-0.4, -0.2) is 33.1 Å². The van der Waals surface area contributed by atoms with E-state index in [9.17, 15) is 0 Å². The molecule has 0 fully saturated rings. The van der Waals surface area contributed by atoms with Gasteiger partial charge in [0.2, 0.25) is 0 Å². The van der Waals surface area contributed by atoms with Gasteiger partial charge in [-0.15, -0.1) is 0 Å². The third-order valence-corrected chi connectivity index (χ3v) is 3.02. The van der Waals surface area contributed by atoms with Crippen LogP contribution in [0.3, 0.4) is 0 Å². The van der Waals surface area contributed by atoms with Crippen LogP contribution in [0.1, 0.15) is 0 Å². The molecule has 8 heteroatoms. The van der Waals surface area contributed by atoms with E-state index in [1.54, 1.807) is 43.3 Å². The van der Waals surface area contributed by atoms with Crippen LogP contribution < -0.4 is 5.43 Å². The van der Waals surface area contributed by atoms with Crippen molar-refractivity contribution in [3.8, 4) is 11.6 Å². The fourth-order valence-corrected chi connectivity index (χ4v) is 2.03. The van der Waals surface area contributed by atoms with Crippen molar-refractivity contribution in [2.24, 2.45) is 15.1 Å². The second-order valence-corrected chi connectivity index (χ2v) is 4.36. The predicted molar refractivity (Wildman–Crippen MR) is 77.2 cm³/mol. The van der Waals surface area contributed by atoms with Gasteiger partial charge in [-0.3, -0.25) is 4.99 Å². The summed E-state index contributed by atoms with van der Waals surface area (Å²) in [7, 11) is 0. The van der Waals surface area contributed by atoms with Crippen LogP contribution in [0.15, 0.2) is 62.7 Å². The summed E-state index contributed by atoms with van der Waals surface area (Å²) in [6.45, 7) is 0. The fourth-order valence-electron chi connectivity index (χ4n) is 2.03. The average Bonchev–Trinajstić information content (AvgIpc) is 3.17. The molecule has 0 aromatic carbocycles. The van der Waals surface area contributed by atoms with Gasteiger partial charge in [-0.1, -0.05) is 0 Å². The number of furan rings is 1. The minimum absolute atomic E-state index is 0.0208. The lowest BCUT2D eigenvalue weighted by Crippen LogP contribution is -2.48. The molecule has 21 heavy (non-hydrogen) atoms. The zero-order valence-electron chi connectivity index (χ0n) is 10.8. The number of hydrogen-bond donors (Lipinski definition) is 1. The second kappa shape index (κ2) is 4.46. The summed E-state index contributed by atoms with van der Waals surface area (Å²) < 4.78 is 5.28. The van der Waals surface area contributed by atoms with Crippen molar-refractivity contribution < 1.29 is 9.12 Å². The number of anilines is 1. The molecule has 0 amide bonds. The molecule has 0 saturated carbocycles. The van der Waals surface area contributed by atoms with Crippen molar-refractivity contribution in [3.05, 3.63) is 43.2 Å². The molecule has 102 valence electrons. The van der Waals surface area contributed by atoms with Gasteiger partial charge in [0.1, 0.15) is 11.9 Å². The zero-order valence-corrected chi connectivity index (χ0v) is 10.8. The van der Waals surface area contributed by atoms with Gasteiger partial charge in [-0.25, -0.2) is 9.97 Å². The maximum atomic E-state index is 5.26. The van der Waals surface area contributed by atoms with Crippen LogP contribution in [0.5, 0.6) is 0 Å². The number of fused-ring (bicyclic) bond motifs is 1. The molecule has 2 aliphatic heterocycles. The highest BCUT2D eigenvalue weighted by molar-refractivity contribution is 6.29. The summed E-state index contributed by atoms with van der Waals surface area (Å²) in [6, 6.07) is 3.60. The first-order valence-electron chi connectivity index (χ1n) is 6.22. The summed E-state index contributed by atoms with van der Waals surface area (Å²) >= 11 is 0. The Morgan fingerprint density at radius 1 is 1.19 bits per heavy atom. The number of amidine groups is 1. The Hall–Kier alpha value is -3.13. The highest BCUT2D eigenvalue weighted by Crippen LogP contribution is 2.22. The van der Waals surface area contributed by atoms with Crippen LogP contribution in [-0.2, 0) is 0 Å². The number of nitrogens with zero attached hydrogens (tertiary/aromatic N) is 6. The molecule has 1 unspecified atom stereocenters. The van der Waals surface area contributed by atoms with E-state index in [0.717, 1.165) is 0 Å². The van der Waals surface area contributed by atoms with E-state index in [0.29, 0.717) is 23.1 Å². The highest BCUT2D eigenvalue weighted by Gasteiger charge is 2.38. The van der Waals surface area contributed by atoms with Crippen molar-refractivity contribution in [2.45, 2.75) is 0 Å². The van der Waals surface area contributed by atoms with Crippen molar-refractivity contribution in [3.63, 3.8) is 0 Å². The van der Waals surface area contributed by atoms with Gasteiger partial charge in [-0.2, -0.15) is 10.4 Å². The third kappa shape index (κ3) is 1.94. The van der Waals surface area contributed by atoms with Gasteiger partial charge in [0, 0.05) is 0 Å². The Balaban J connectivity index is 1.61. The molecule has 4 rings (SSSR count). The van der Waals surface area contributed by atoms with E-state index in [4.69, 9.17) is 4.42 Å². The van der Waals surface area contributed by atoms with Crippen LogP contribution in [0.2, 0.25) is 0 Å². The Morgan fingerprint density at radius 2 is 2.10 bits per heavy atom. The van der Waals surface area contributed by atoms with Crippen LogP contribution in [0, 0.1) is 0 Å². The molecular formula is C13H10N7O+. The molecule has 4 heterocycles. The largest absolute Gasteiger partial charge is 0.461 e. The first-order chi connectivity index (χ1) is 10.4. The minimum Gasteiger partial charge on any atom is -0.461 e. The number of aliphatic imine (C=N–C) groups is 2. The maximum absolute atomic E-state index is 5.26. The average molecular weight is 280 g/mol. The number of nitrogens with one attached hydrogen (secondary N) is 1. The zero-order chi connectivity index (χ0) is 14.1. The third-order valence-electron chi connectivity index (χ3n) is 3.02. The van der Waals surface area contributed by atoms with E-state index in [-0.39, 0.29) is 4.70 Å². The Kier molecular flexibility index (Phi) is 2.48. The van der Waals surface area contributed by atoms with Crippen molar-refractivity contribution in [1.29, 1.82) is 0 Å². The monoisotopic (exact) mass is 280 g/mol. The molecule has 2 aromatic heterocycles. The molecular weight excluding hydrogens is 270 g/mol. The molecule has 1 atom stereocenters. The standard InChI is InChI=1S/C13H10N7O/c1-2-11(21-5-1)13-15-6-10(7-16-13)19-20-4-3-14-8-12(20)17-9-18-20/h1-9,19H/q+1. The smallest absolute Gasteiger partial charge is 0.305 e. The molecule has 2 aliphatic rings. The Morgan fingerprint density at radius 3 is 2.90 bits per heavy atom. The summed E-state index contributed by atoms with van der Waals surface area (Å²) in [6.07, 6.45) is 11.5. The summed E-state index contributed by atoms with van der Waals surface area (Å²) in [5.74, 6) is 1.83. The first kappa shape index (κ1) is 11.7. The molecule has 0 bridgehead atoms. The molecule has 1 N–H and O–H groups in total. The van der Waals surface area contributed by atoms with E-state index in [1.807, 2.05) is 6.07 Å². The number of rotatable bonds is 3. The van der Waals surface area contributed by atoms with Crippen molar-refractivity contribution in [2.75, 3.05) is 5.43 Å². The molecule has 0 spiro atoms. The number of quaternary nitrogens is 1. The van der Waals surface area contributed by atoms with Crippen LogP contribution in [0.25, 0.3) is 11.6 Å². The molecule has 0 aliphatic carbocycles. The topological polar surface area (TPSA) is 88.0 Å². The van der Waals surface area contributed by atoms with Crippen LogP contribution in [0.4, 0.5) is 5.69 Å². The van der Waals surface area contributed by atoms with Gasteiger partial charge >= 0.3 is 5.84 Å². The van der Waals surface area contributed by atoms with E-state index in [1.165, 1.54) is 6.34 Å². The van der Waals surface area contributed by atoms with Gasteiger partial charge in [-0.05, 0) is 21.9 Å². The SMILES string of the molecule is C1=C[N+]2(Nc3cnc(-c4ccco4)nc3)N=CN=C2C=N1. The fraction of sp³-hybridized carbons (Fsp3) is 0. The second-order valence-electron chi connectivity index (χ2n) is 4.36. The van der Waals surface area contributed by atoms with Crippen molar-refractivity contribution in [1.82, 2.24) is 9.97 Å². The van der Waals surface area contributed by atoms with E-state index < -0.39 is 0 Å². The predicted octanol–water partition coefficient (Wildman–Crippen LogP) is 1.79. The van der Waals surface area contributed by atoms with Gasteiger partial charge in [0.05, 0.1) is 24.9 Å². The lowest BCUT2D eigenvalue weighted by atomic mass is 10.4. The Bertz CT molecular complexity index is 773. The van der Waals surface area contributed by atoms with Crippen LogP contribution >= 0.6 is 0 Å². The van der Waals surface area contributed by atoms with E-state index >= 15 is 0 Å². The summed E-state index contributed by atoms with van der Waals surface area (Å²) in [5.41, 5.74) is 3.91. The highest BCUT2D eigenvalue weighted by atomic mass is 16.3. The normalized spacial score (nSPS) is 22.2. The van der Waals surface area contributed by atoms with E-state index in [2.05, 4.69) is 30.5 Å². The molecule has 0 saturated heterocycles. The molecule has 8 nitrogen and oxygen atoms in total. The number of hydrogen-bond acceptors (Lipinski definition) is 7.